The first kappa shape index (κ1) is 18.4. The third-order valence-corrected chi connectivity index (χ3v) is 2.97. The van der Waals surface area contributed by atoms with Crippen LogP contribution in [0.5, 0.6) is 0 Å². The van der Waals surface area contributed by atoms with Gasteiger partial charge >= 0.3 is 18.0 Å². The molecule has 0 fully saturated rings. The summed E-state index contributed by atoms with van der Waals surface area (Å²) in [4.78, 5) is 11.0. The summed E-state index contributed by atoms with van der Waals surface area (Å²) in [6.45, 7) is 1.21. The number of halogens is 7. The number of carbonyl (C=O) groups excluding carboxylic acids is 1. The topological polar surface area (TPSA) is 37.3 Å². The molecule has 0 aromatic heterocycles. The Bertz CT molecular complexity index is 534. The van der Waals surface area contributed by atoms with Crippen LogP contribution in [0.2, 0.25) is 0 Å². The van der Waals surface area contributed by atoms with Crippen LogP contribution in [0.15, 0.2) is 24.3 Å². The Kier molecular flexibility index (Phi) is 4.91. The maximum Gasteiger partial charge on any atom is 0.459 e. The molecule has 1 aromatic rings. The van der Waals surface area contributed by atoms with Gasteiger partial charge in [-0.25, -0.2) is 0 Å². The molecule has 1 unspecified atom stereocenters. The molecule has 1 N–H and O–H groups in total. The van der Waals surface area contributed by atoms with Crippen molar-refractivity contribution < 1.29 is 40.6 Å². The van der Waals surface area contributed by atoms with E-state index >= 15 is 0 Å². The number of Topliss-reactive ketones (excluding diaryl/α,β-unsaturated/α-hetero) is 1. The molecule has 0 bridgehead atoms. The molecule has 0 heterocycles. The smallest absolute Gasteiger partial charge is 0.388 e. The lowest BCUT2D eigenvalue weighted by molar-refractivity contribution is -0.358. The average Bonchev–Trinajstić information content (AvgIpc) is 2.36. The quantitative estimate of drug-likeness (QED) is 0.650. The van der Waals surface area contributed by atoms with Crippen LogP contribution in [0.1, 0.15) is 35.4 Å². The van der Waals surface area contributed by atoms with Crippen LogP contribution in [-0.2, 0) is 0 Å². The molecular weight excluding hydrogens is 321 g/mol. The number of rotatable bonds is 5. The molecule has 1 atom stereocenters. The minimum Gasteiger partial charge on any atom is -0.388 e. The molecule has 1 rings (SSSR count). The lowest BCUT2D eigenvalue weighted by Crippen LogP contribution is -2.52. The first-order valence-electron chi connectivity index (χ1n) is 5.91. The lowest BCUT2D eigenvalue weighted by Gasteiger charge is -2.29. The fourth-order valence-corrected chi connectivity index (χ4v) is 1.64. The van der Waals surface area contributed by atoms with Crippen LogP contribution in [0.4, 0.5) is 30.7 Å². The van der Waals surface area contributed by atoms with E-state index in [-0.39, 0.29) is 16.9 Å². The third-order valence-electron chi connectivity index (χ3n) is 2.97. The van der Waals surface area contributed by atoms with Crippen molar-refractivity contribution in [1.29, 1.82) is 0 Å². The number of carbonyl (C=O) groups is 1. The van der Waals surface area contributed by atoms with E-state index in [0.717, 1.165) is 24.3 Å². The van der Waals surface area contributed by atoms with Crippen LogP contribution in [-0.4, -0.2) is 28.9 Å². The normalized spacial score (nSPS) is 14.8. The van der Waals surface area contributed by atoms with Crippen molar-refractivity contribution in [3.63, 3.8) is 0 Å². The molecule has 0 saturated carbocycles. The predicted molar refractivity (Wildman–Crippen MR) is 62.0 cm³/mol. The summed E-state index contributed by atoms with van der Waals surface area (Å²) in [6, 6.07) is 4.29. The number of hydrogen-bond donors (Lipinski definition) is 1. The van der Waals surface area contributed by atoms with E-state index in [2.05, 4.69) is 0 Å². The van der Waals surface area contributed by atoms with Crippen molar-refractivity contribution in [3.05, 3.63) is 35.4 Å². The van der Waals surface area contributed by atoms with Gasteiger partial charge in [0, 0.05) is 12.0 Å². The first-order chi connectivity index (χ1) is 9.79. The van der Waals surface area contributed by atoms with Crippen molar-refractivity contribution in [1.82, 2.24) is 0 Å². The van der Waals surface area contributed by atoms with Gasteiger partial charge in [-0.05, 0) is 12.5 Å². The molecule has 0 saturated heterocycles. The molecule has 124 valence electrons. The zero-order valence-corrected chi connectivity index (χ0v) is 11.1. The fraction of sp³-hybridized carbons (Fsp3) is 0.462. The second kappa shape index (κ2) is 5.86. The lowest BCUT2D eigenvalue weighted by atomic mass is 9.97. The summed E-state index contributed by atoms with van der Waals surface area (Å²) in [7, 11) is 0. The molecule has 0 radical (unpaired) electrons. The molecular formula is C13H11F7O2. The van der Waals surface area contributed by atoms with Gasteiger partial charge in [-0.1, -0.05) is 24.3 Å². The monoisotopic (exact) mass is 332 g/mol. The summed E-state index contributed by atoms with van der Waals surface area (Å²) < 4.78 is 87.7. The Morgan fingerprint density at radius 2 is 1.50 bits per heavy atom. The zero-order valence-electron chi connectivity index (χ0n) is 11.1. The number of ketones is 1. The first-order valence-corrected chi connectivity index (χ1v) is 5.91. The van der Waals surface area contributed by atoms with Crippen LogP contribution in [0.3, 0.4) is 0 Å². The Hall–Kier alpha value is -1.64. The largest absolute Gasteiger partial charge is 0.459 e. The molecule has 2 nitrogen and oxygen atoms in total. The zero-order chi connectivity index (χ0) is 17.3. The van der Waals surface area contributed by atoms with E-state index in [1.165, 1.54) is 6.92 Å². The van der Waals surface area contributed by atoms with Gasteiger partial charge < -0.3 is 5.11 Å². The number of aliphatic hydroxyl groups is 1. The molecule has 0 aliphatic heterocycles. The van der Waals surface area contributed by atoms with E-state index in [0.29, 0.717) is 0 Å². The maximum absolute atomic E-state index is 13.2. The van der Waals surface area contributed by atoms with Gasteiger partial charge in [0.2, 0.25) is 0 Å². The van der Waals surface area contributed by atoms with Gasteiger partial charge in [0.1, 0.15) is 0 Å². The molecule has 0 aliphatic carbocycles. The second-order valence-electron chi connectivity index (χ2n) is 4.67. The summed E-state index contributed by atoms with van der Waals surface area (Å²) in [5.74, 6) is -12.1. The van der Waals surface area contributed by atoms with Crippen molar-refractivity contribution >= 4 is 5.78 Å². The van der Waals surface area contributed by atoms with Gasteiger partial charge in [0.05, 0.1) is 6.10 Å². The summed E-state index contributed by atoms with van der Waals surface area (Å²) in [5, 5.41) is 9.45. The Morgan fingerprint density at radius 1 is 1.05 bits per heavy atom. The minimum atomic E-state index is -6.44. The number of alkyl halides is 7. The highest BCUT2D eigenvalue weighted by molar-refractivity contribution is 5.94. The Morgan fingerprint density at radius 3 is 1.86 bits per heavy atom. The van der Waals surface area contributed by atoms with Crippen molar-refractivity contribution in [2.75, 3.05) is 0 Å². The van der Waals surface area contributed by atoms with E-state index in [1.807, 2.05) is 0 Å². The van der Waals surface area contributed by atoms with Crippen LogP contribution in [0, 0.1) is 0 Å². The molecule has 22 heavy (non-hydrogen) atoms. The molecule has 0 spiro atoms. The van der Waals surface area contributed by atoms with Gasteiger partial charge in [0.15, 0.2) is 5.78 Å². The number of benzene rings is 1. The predicted octanol–water partition coefficient (Wildman–Crippen LogP) is 4.15. The Balaban J connectivity index is 2.95. The van der Waals surface area contributed by atoms with Crippen LogP contribution >= 0.6 is 0 Å². The maximum atomic E-state index is 13.2. The van der Waals surface area contributed by atoms with Crippen molar-refractivity contribution in [2.45, 2.75) is 37.5 Å². The summed E-state index contributed by atoms with van der Waals surface area (Å²) >= 11 is 0. The van der Waals surface area contributed by atoms with E-state index in [9.17, 15) is 40.6 Å². The van der Waals surface area contributed by atoms with Crippen LogP contribution in [0.25, 0.3) is 0 Å². The van der Waals surface area contributed by atoms with E-state index in [1.54, 1.807) is 0 Å². The number of hydrogen-bond acceptors (Lipinski definition) is 2. The molecule has 0 aliphatic rings. The summed E-state index contributed by atoms with van der Waals surface area (Å²) in [5.41, 5.74) is -0.133. The van der Waals surface area contributed by atoms with Gasteiger partial charge in [-0.15, -0.1) is 0 Å². The number of aliphatic hydroxyl groups excluding tert-OH is 1. The highest BCUT2D eigenvalue weighted by Crippen LogP contribution is 2.49. The highest BCUT2D eigenvalue weighted by Gasteiger charge is 2.72. The average molecular weight is 332 g/mol. The SMILES string of the molecule is CC(=O)c1ccc(C(O)CC(F)(F)C(F)(F)C(F)(F)F)cc1. The van der Waals surface area contributed by atoms with E-state index < -0.39 is 30.5 Å². The Labute approximate surface area is 120 Å². The van der Waals surface area contributed by atoms with Gasteiger partial charge in [0.25, 0.3) is 0 Å². The van der Waals surface area contributed by atoms with Gasteiger partial charge in [-0.2, -0.15) is 30.7 Å². The van der Waals surface area contributed by atoms with Crippen molar-refractivity contribution in [2.24, 2.45) is 0 Å². The standard InChI is InChI=1S/C13H11F7O2/c1-7(21)8-2-4-9(5-3-8)10(22)6-11(14,15)12(16,17)13(18,19)20/h2-5,10,22H,6H2,1H3. The molecule has 9 heteroatoms. The molecule has 1 aromatic carbocycles. The molecule has 0 amide bonds. The van der Waals surface area contributed by atoms with Gasteiger partial charge in [-0.3, -0.25) is 4.79 Å². The fourth-order valence-electron chi connectivity index (χ4n) is 1.64. The summed E-state index contributed by atoms with van der Waals surface area (Å²) in [6.07, 6.45) is -10.8. The third kappa shape index (κ3) is 3.57. The van der Waals surface area contributed by atoms with E-state index in [4.69, 9.17) is 0 Å². The van der Waals surface area contributed by atoms with Crippen LogP contribution < -0.4 is 0 Å². The van der Waals surface area contributed by atoms with Crippen molar-refractivity contribution in [3.8, 4) is 0 Å². The second-order valence-corrected chi connectivity index (χ2v) is 4.67. The highest BCUT2D eigenvalue weighted by atomic mass is 19.4. The minimum absolute atomic E-state index is 0.170.